The summed E-state index contributed by atoms with van der Waals surface area (Å²) in [7, 11) is 0. The fourth-order valence-corrected chi connectivity index (χ4v) is 2.62. The highest BCUT2D eigenvalue weighted by molar-refractivity contribution is 9.10. The topological polar surface area (TPSA) is 46.4 Å². The molecule has 0 unspecified atom stereocenters. The zero-order chi connectivity index (χ0) is 15.4. The summed E-state index contributed by atoms with van der Waals surface area (Å²) in [5, 5.41) is 11.0. The minimum atomic E-state index is -0.365. The number of halogens is 1. The molecule has 0 radical (unpaired) electrons. The zero-order valence-electron chi connectivity index (χ0n) is 12.0. The van der Waals surface area contributed by atoms with Gasteiger partial charge >= 0.3 is 0 Å². The molecule has 110 valence electrons. The van der Waals surface area contributed by atoms with Gasteiger partial charge in [0.25, 0.3) is 5.69 Å². The molecule has 0 bridgehead atoms. The largest absolute Gasteiger partial charge is 0.367 e. The molecule has 2 rings (SSSR count). The molecule has 0 fully saturated rings. The molecular formula is C16H17BrN2O2. The van der Waals surface area contributed by atoms with Gasteiger partial charge in [-0.25, -0.2) is 0 Å². The normalized spacial score (nSPS) is 10.4. The first-order valence-corrected chi connectivity index (χ1v) is 7.55. The van der Waals surface area contributed by atoms with Crippen molar-refractivity contribution < 1.29 is 4.92 Å². The van der Waals surface area contributed by atoms with E-state index >= 15 is 0 Å². The summed E-state index contributed by atoms with van der Waals surface area (Å²) >= 11 is 3.21. The van der Waals surface area contributed by atoms with Gasteiger partial charge in [0.1, 0.15) is 0 Å². The molecule has 2 aromatic rings. The van der Waals surface area contributed by atoms with Crippen molar-refractivity contribution in [1.29, 1.82) is 0 Å². The van der Waals surface area contributed by atoms with Crippen molar-refractivity contribution >= 4 is 27.3 Å². The van der Waals surface area contributed by atoms with Gasteiger partial charge in [0.05, 0.1) is 9.40 Å². The molecule has 0 aromatic heterocycles. The van der Waals surface area contributed by atoms with E-state index in [1.54, 1.807) is 12.1 Å². The molecular weight excluding hydrogens is 332 g/mol. The maximum Gasteiger partial charge on any atom is 0.283 e. The Bertz CT molecular complexity index is 658. The Hall–Kier alpha value is -1.88. The Morgan fingerprint density at radius 3 is 2.62 bits per heavy atom. The van der Waals surface area contributed by atoms with Crippen LogP contribution < -0.4 is 4.90 Å². The number of nitro groups is 1. The number of benzene rings is 2. The minimum Gasteiger partial charge on any atom is -0.367 e. The first-order valence-electron chi connectivity index (χ1n) is 6.75. The van der Waals surface area contributed by atoms with Crippen LogP contribution >= 0.6 is 15.9 Å². The lowest BCUT2D eigenvalue weighted by molar-refractivity contribution is -0.385. The highest BCUT2D eigenvalue weighted by Crippen LogP contribution is 2.27. The Balaban J connectivity index is 2.27. The zero-order valence-corrected chi connectivity index (χ0v) is 13.6. The minimum absolute atomic E-state index is 0.104. The molecule has 0 amide bonds. The van der Waals surface area contributed by atoms with E-state index in [9.17, 15) is 10.1 Å². The van der Waals surface area contributed by atoms with Crippen LogP contribution in [0.25, 0.3) is 0 Å². The van der Waals surface area contributed by atoms with Crippen molar-refractivity contribution in [3.63, 3.8) is 0 Å². The molecule has 0 spiro atoms. The molecule has 0 N–H and O–H groups in total. The van der Waals surface area contributed by atoms with Gasteiger partial charge in [-0.05, 0) is 59.1 Å². The lowest BCUT2D eigenvalue weighted by atomic mass is 10.1. The Kier molecular flexibility index (Phi) is 4.96. The SMILES string of the molecule is CCN(Cc1ccc(Br)c([N+](=O)[O-])c1)c1cccc(C)c1. The van der Waals surface area contributed by atoms with E-state index in [1.807, 2.05) is 12.1 Å². The Labute approximate surface area is 132 Å². The van der Waals surface area contributed by atoms with Crippen LogP contribution in [0.3, 0.4) is 0 Å². The molecule has 2 aromatic carbocycles. The van der Waals surface area contributed by atoms with Gasteiger partial charge in [-0.15, -0.1) is 0 Å². The van der Waals surface area contributed by atoms with E-state index in [-0.39, 0.29) is 10.6 Å². The van der Waals surface area contributed by atoms with Gasteiger partial charge in [0.2, 0.25) is 0 Å². The second-order valence-electron chi connectivity index (χ2n) is 4.90. The molecule has 0 saturated heterocycles. The number of nitro benzene ring substituents is 1. The third kappa shape index (κ3) is 3.82. The van der Waals surface area contributed by atoms with Gasteiger partial charge in [-0.1, -0.05) is 18.2 Å². The van der Waals surface area contributed by atoms with E-state index in [2.05, 4.69) is 52.9 Å². The van der Waals surface area contributed by atoms with Gasteiger partial charge in [-0.2, -0.15) is 0 Å². The summed E-state index contributed by atoms with van der Waals surface area (Å²) in [6.07, 6.45) is 0. The summed E-state index contributed by atoms with van der Waals surface area (Å²) in [5.74, 6) is 0. The maximum absolute atomic E-state index is 11.0. The van der Waals surface area contributed by atoms with Crippen LogP contribution in [0.4, 0.5) is 11.4 Å². The first-order chi connectivity index (χ1) is 10.0. The lowest BCUT2D eigenvalue weighted by Crippen LogP contribution is -2.22. The Morgan fingerprint density at radius 2 is 2.00 bits per heavy atom. The molecule has 21 heavy (non-hydrogen) atoms. The molecule has 0 aliphatic carbocycles. The van der Waals surface area contributed by atoms with Crippen molar-refractivity contribution in [2.24, 2.45) is 0 Å². The first kappa shape index (κ1) is 15.5. The molecule has 0 aliphatic rings. The highest BCUT2D eigenvalue weighted by Gasteiger charge is 2.14. The van der Waals surface area contributed by atoms with Crippen LogP contribution in [0.1, 0.15) is 18.1 Å². The maximum atomic E-state index is 11.0. The third-order valence-electron chi connectivity index (χ3n) is 3.33. The van der Waals surface area contributed by atoms with Crippen molar-refractivity contribution in [2.75, 3.05) is 11.4 Å². The number of hydrogen-bond acceptors (Lipinski definition) is 3. The summed E-state index contributed by atoms with van der Waals surface area (Å²) in [6.45, 7) is 5.62. The van der Waals surface area contributed by atoms with Crippen LogP contribution in [-0.2, 0) is 6.54 Å². The van der Waals surface area contributed by atoms with E-state index < -0.39 is 0 Å². The number of rotatable bonds is 5. The average Bonchev–Trinajstić information content (AvgIpc) is 2.46. The van der Waals surface area contributed by atoms with E-state index in [4.69, 9.17) is 0 Å². The summed E-state index contributed by atoms with van der Waals surface area (Å²) in [5.41, 5.74) is 3.36. The van der Waals surface area contributed by atoms with Crippen molar-refractivity contribution in [2.45, 2.75) is 20.4 Å². The molecule has 0 aliphatic heterocycles. The predicted molar refractivity (Wildman–Crippen MR) is 88.7 cm³/mol. The second-order valence-corrected chi connectivity index (χ2v) is 5.75. The summed E-state index contributed by atoms with van der Waals surface area (Å²) < 4.78 is 0.509. The van der Waals surface area contributed by atoms with Gasteiger partial charge in [0.15, 0.2) is 0 Å². The number of anilines is 1. The monoisotopic (exact) mass is 348 g/mol. The quantitative estimate of drug-likeness (QED) is 0.581. The van der Waals surface area contributed by atoms with Crippen LogP contribution in [0.15, 0.2) is 46.9 Å². The third-order valence-corrected chi connectivity index (χ3v) is 4.00. The van der Waals surface area contributed by atoms with Crippen LogP contribution in [0.5, 0.6) is 0 Å². The van der Waals surface area contributed by atoms with E-state index in [0.717, 1.165) is 17.8 Å². The smallest absolute Gasteiger partial charge is 0.283 e. The number of nitrogens with zero attached hydrogens (tertiary/aromatic N) is 2. The standard InChI is InChI=1S/C16H17BrN2O2/c1-3-18(14-6-4-5-12(2)9-14)11-13-7-8-15(17)16(10-13)19(20)21/h4-10H,3,11H2,1-2H3. The van der Waals surface area contributed by atoms with Crippen LogP contribution in [-0.4, -0.2) is 11.5 Å². The van der Waals surface area contributed by atoms with Crippen molar-refractivity contribution in [3.05, 3.63) is 68.2 Å². The van der Waals surface area contributed by atoms with Crippen molar-refractivity contribution in [1.82, 2.24) is 0 Å². The lowest BCUT2D eigenvalue weighted by Gasteiger charge is -2.23. The molecule has 4 nitrogen and oxygen atoms in total. The van der Waals surface area contributed by atoms with E-state index in [0.29, 0.717) is 11.0 Å². The van der Waals surface area contributed by atoms with Crippen LogP contribution in [0, 0.1) is 17.0 Å². The fourth-order valence-electron chi connectivity index (χ4n) is 2.23. The van der Waals surface area contributed by atoms with Crippen LogP contribution in [0.2, 0.25) is 0 Å². The molecule has 0 heterocycles. The molecule has 5 heteroatoms. The van der Waals surface area contributed by atoms with Crippen molar-refractivity contribution in [3.8, 4) is 0 Å². The van der Waals surface area contributed by atoms with Gasteiger partial charge in [0, 0.05) is 24.8 Å². The average molecular weight is 349 g/mol. The summed E-state index contributed by atoms with van der Waals surface area (Å²) in [6, 6.07) is 13.5. The Morgan fingerprint density at radius 1 is 1.24 bits per heavy atom. The number of hydrogen-bond donors (Lipinski definition) is 0. The summed E-state index contributed by atoms with van der Waals surface area (Å²) in [4.78, 5) is 12.8. The molecule has 0 atom stereocenters. The van der Waals surface area contributed by atoms with Gasteiger partial charge < -0.3 is 4.90 Å². The molecule has 0 saturated carbocycles. The van der Waals surface area contributed by atoms with E-state index in [1.165, 1.54) is 5.56 Å². The number of aryl methyl sites for hydroxylation is 1. The highest BCUT2D eigenvalue weighted by atomic mass is 79.9. The second kappa shape index (κ2) is 6.72. The fraction of sp³-hybridized carbons (Fsp3) is 0.250. The predicted octanol–water partition coefficient (Wildman–Crippen LogP) is 4.69. The van der Waals surface area contributed by atoms with Gasteiger partial charge in [-0.3, -0.25) is 10.1 Å².